The molecule has 2 rings (SSSR count). The fourth-order valence-corrected chi connectivity index (χ4v) is 4.97. The van der Waals surface area contributed by atoms with Crippen molar-refractivity contribution < 1.29 is 12.6 Å². The lowest BCUT2D eigenvalue weighted by atomic mass is 10.4. The highest BCUT2D eigenvalue weighted by Crippen LogP contribution is 2.22. The van der Waals surface area contributed by atoms with Gasteiger partial charge >= 0.3 is 0 Å². The number of hydrogen-bond acceptors (Lipinski definition) is 4. The number of nitrogens with zero attached hydrogens (tertiary/aromatic N) is 2. The lowest BCUT2D eigenvalue weighted by Crippen LogP contribution is -2.42. The van der Waals surface area contributed by atoms with Crippen LogP contribution in [0.5, 0.6) is 0 Å². The third kappa shape index (κ3) is 2.29. The molecule has 96 valence electrons. The van der Waals surface area contributed by atoms with Gasteiger partial charge in [0, 0.05) is 35.4 Å². The number of aromatic nitrogens is 2. The maximum atomic E-state index is 12.4. The Morgan fingerprint density at radius 3 is 2.35 bits per heavy atom. The zero-order chi connectivity index (χ0) is 12.6. The van der Waals surface area contributed by atoms with Crippen LogP contribution in [0.15, 0.2) is 4.90 Å². The Kier molecular flexibility index (Phi) is 3.37. The second-order valence-corrected chi connectivity index (χ2v) is 7.59. The summed E-state index contributed by atoms with van der Waals surface area (Å²) in [5.41, 5.74) is 1.03. The van der Waals surface area contributed by atoms with Gasteiger partial charge in [0.25, 0.3) is 0 Å². The van der Waals surface area contributed by atoms with E-state index < -0.39 is 20.8 Å². The number of H-pyrrole nitrogens is 1. The van der Waals surface area contributed by atoms with Crippen LogP contribution in [0.25, 0.3) is 0 Å². The van der Waals surface area contributed by atoms with E-state index in [9.17, 15) is 12.6 Å². The number of sulfonamides is 1. The second-order valence-electron chi connectivity index (χ2n) is 4.02. The van der Waals surface area contributed by atoms with Crippen molar-refractivity contribution in [1.29, 1.82) is 0 Å². The third-order valence-corrected chi connectivity index (χ3v) is 6.23. The monoisotopic (exact) mass is 277 g/mol. The van der Waals surface area contributed by atoms with Gasteiger partial charge < -0.3 is 0 Å². The number of aryl methyl sites for hydroxylation is 2. The van der Waals surface area contributed by atoms with Crippen molar-refractivity contribution in [1.82, 2.24) is 14.5 Å². The summed E-state index contributed by atoms with van der Waals surface area (Å²) in [5.74, 6) is 0.824. The highest BCUT2D eigenvalue weighted by molar-refractivity contribution is 7.89. The van der Waals surface area contributed by atoms with Crippen LogP contribution >= 0.6 is 0 Å². The molecule has 0 spiro atoms. The first kappa shape index (κ1) is 12.7. The molecule has 1 N–H and O–H groups in total. The van der Waals surface area contributed by atoms with Crippen LogP contribution in [0.1, 0.15) is 11.4 Å². The molecule has 1 aromatic heterocycles. The Morgan fingerprint density at radius 2 is 1.88 bits per heavy atom. The van der Waals surface area contributed by atoms with Gasteiger partial charge in [-0.1, -0.05) is 0 Å². The molecule has 1 fully saturated rings. The van der Waals surface area contributed by atoms with Gasteiger partial charge in [-0.25, -0.2) is 8.42 Å². The molecule has 1 aromatic rings. The van der Waals surface area contributed by atoms with Crippen LogP contribution < -0.4 is 0 Å². The largest absolute Gasteiger partial charge is 0.281 e. The van der Waals surface area contributed by atoms with Crippen molar-refractivity contribution in [2.75, 3.05) is 24.6 Å². The van der Waals surface area contributed by atoms with E-state index in [1.165, 1.54) is 4.31 Å². The molecule has 0 atom stereocenters. The molecule has 0 radical (unpaired) electrons. The SMILES string of the molecule is Cc1n[nH]c(C)c1S(=O)(=O)N1CCS(=O)CC1. The zero-order valence-corrected chi connectivity index (χ0v) is 11.4. The van der Waals surface area contributed by atoms with Crippen molar-refractivity contribution in [2.45, 2.75) is 18.7 Å². The summed E-state index contributed by atoms with van der Waals surface area (Å²) in [5, 5.41) is 6.58. The fourth-order valence-electron chi connectivity index (χ4n) is 1.91. The first-order valence-electron chi connectivity index (χ1n) is 5.29. The highest BCUT2D eigenvalue weighted by Gasteiger charge is 2.31. The number of hydrogen-bond donors (Lipinski definition) is 1. The van der Waals surface area contributed by atoms with E-state index in [0.29, 0.717) is 36.0 Å². The summed E-state index contributed by atoms with van der Waals surface area (Å²) in [4.78, 5) is 0.255. The number of nitrogens with one attached hydrogen (secondary N) is 1. The summed E-state index contributed by atoms with van der Waals surface area (Å²) in [6, 6.07) is 0. The van der Waals surface area contributed by atoms with Gasteiger partial charge in [-0.2, -0.15) is 9.40 Å². The predicted octanol–water partition coefficient (Wildman–Crippen LogP) is -0.220. The average Bonchev–Trinajstić information content (AvgIpc) is 2.59. The smallest absolute Gasteiger partial charge is 0.246 e. The number of aromatic amines is 1. The zero-order valence-electron chi connectivity index (χ0n) is 9.76. The topological polar surface area (TPSA) is 83.1 Å². The van der Waals surface area contributed by atoms with Gasteiger partial charge in [-0.3, -0.25) is 9.31 Å². The van der Waals surface area contributed by atoms with Crippen molar-refractivity contribution in [3.05, 3.63) is 11.4 Å². The minimum Gasteiger partial charge on any atom is -0.281 e. The lowest BCUT2D eigenvalue weighted by molar-refractivity contribution is 0.438. The van der Waals surface area contributed by atoms with E-state index in [1.807, 2.05) is 0 Å². The molecule has 0 saturated carbocycles. The molecular formula is C9H15N3O3S2. The fraction of sp³-hybridized carbons (Fsp3) is 0.667. The summed E-state index contributed by atoms with van der Waals surface area (Å²) in [7, 11) is -4.38. The van der Waals surface area contributed by atoms with Crippen molar-refractivity contribution in [3.63, 3.8) is 0 Å². The molecule has 0 aliphatic carbocycles. The molecule has 6 nitrogen and oxygen atoms in total. The van der Waals surface area contributed by atoms with Gasteiger partial charge in [0.2, 0.25) is 10.0 Å². The minimum atomic E-state index is -3.50. The van der Waals surface area contributed by atoms with Crippen LogP contribution in [0.2, 0.25) is 0 Å². The Labute approximate surface area is 103 Å². The molecule has 8 heteroatoms. The van der Waals surface area contributed by atoms with Crippen LogP contribution in [0.4, 0.5) is 0 Å². The molecule has 0 unspecified atom stereocenters. The van der Waals surface area contributed by atoms with Crippen LogP contribution in [-0.4, -0.2) is 51.7 Å². The van der Waals surface area contributed by atoms with E-state index in [4.69, 9.17) is 0 Å². The van der Waals surface area contributed by atoms with E-state index in [0.717, 1.165) is 0 Å². The third-order valence-electron chi connectivity index (χ3n) is 2.80. The Balaban J connectivity index is 2.34. The maximum Gasteiger partial charge on any atom is 0.246 e. The number of rotatable bonds is 2. The first-order chi connectivity index (χ1) is 7.93. The normalized spacial score (nSPS) is 19.6. The summed E-state index contributed by atoms with van der Waals surface area (Å²) in [6.07, 6.45) is 0. The van der Waals surface area contributed by atoms with E-state index in [2.05, 4.69) is 10.2 Å². The van der Waals surface area contributed by atoms with Crippen LogP contribution in [0.3, 0.4) is 0 Å². The molecule has 0 aromatic carbocycles. The maximum absolute atomic E-state index is 12.4. The van der Waals surface area contributed by atoms with Gasteiger partial charge in [0.1, 0.15) is 4.90 Å². The Hall–Kier alpha value is -0.730. The molecule has 0 bridgehead atoms. The minimum absolute atomic E-state index is 0.255. The quantitative estimate of drug-likeness (QED) is 0.810. The molecule has 0 amide bonds. The molecule has 2 heterocycles. The van der Waals surface area contributed by atoms with Gasteiger partial charge in [-0.15, -0.1) is 0 Å². The van der Waals surface area contributed by atoms with Crippen molar-refractivity contribution in [3.8, 4) is 0 Å². The summed E-state index contributed by atoms with van der Waals surface area (Å²) in [6.45, 7) is 3.99. The summed E-state index contributed by atoms with van der Waals surface area (Å²) < 4.78 is 37.3. The van der Waals surface area contributed by atoms with Gasteiger partial charge in [0.15, 0.2) is 0 Å². The molecule has 17 heavy (non-hydrogen) atoms. The van der Waals surface area contributed by atoms with Crippen LogP contribution in [0, 0.1) is 13.8 Å². The molecule has 1 aliphatic heterocycles. The molecule has 1 aliphatic rings. The van der Waals surface area contributed by atoms with Gasteiger partial charge in [-0.05, 0) is 13.8 Å². The Bertz CT molecular complexity index is 520. The van der Waals surface area contributed by atoms with Crippen LogP contribution in [-0.2, 0) is 20.8 Å². The lowest BCUT2D eigenvalue weighted by Gasteiger charge is -2.25. The van der Waals surface area contributed by atoms with E-state index >= 15 is 0 Å². The van der Waals surface area contributed by atoms with Gasteiger partial charge in [0.05, 0.1) is 11.4 Å². The van der Waals surface area contributed by atoms with Crippen molar-refractivity contribution in [2.24, 2.45) is 0 Å². The molecular weight excluding hydrogens is 262 g/mol. The van der Waals surface area contributed by atoms with E-state index in [1.54, 1.807) is 13.8 Å². The standard InChI is InChI=1S/C9H15N3O3S2/c1-7-9(8(2)11-10-7)17(14,15)12-3-5-16(13)6-4-12/h3-6H2,1-2H3,(H,10,11). The van der Waals surface area contributed by atoms with E-state index in [-0.39, 0.29) is 4.90 Å². The highest BCUT2D eigenvalue weighted by atomic mass is 32.2. The average molecular weight is 277 g/mol. The van der Waals surface area contributed by atoms with Crippen molar-refractivity contribution >= 4 is 20.8 Å². The first-order valence-corrected chi connectivity index (χ1v) is 8.22. The Morgan fingerprint density at radius 1 is 1.29 bits per heavy atom. The molecule has 1 saturated heterocycles. The second kappa shape index (κ2) is 4.51. The summed E-state index contributed by atoms with van der Waals surface area (Å²) >= 11 is 0. The predicted molar refractivity (Wildman–Crippen MR) is 64.7 cm³/mol.